The second-order valence-corrected chi connectivity index (χ2v) is 7.35. The van der Waals surface area contributed by atoms with Crippen molar-refractivity contribution in [1.82, 2.24) is 24.5 Å². The molecular formula is C24H33F2N7. The van der Waals surface area contributed by atoms with Crippen LogP contribution in [0.4, 0.5) is 26.0 Å². The summed E-state index contributed by atoms with van der Waals surface area (Å²) in [5, 5.41) is 11.2. The third-order valence-electron chi connectivity index (χ3n) is 5.26. The van der Waals surface area contributed by atoms with Crippen LogP contribution >= 0.6 is 0 Å². The minimum atomic E-state index is -0.454. The number of fused-ring (bicyclic) bond motifs is 2. The average Bonchev–Trinajstić information content (AvgIpc) is 3.36. The van der Waals surface area contributed by atoms with Gasteiger partial charge < -0.3 is 19.9 Å². The smallest absolute Gasteiger partial charge is 0.173 e. The van der Waals surface area contributed by atoms with Gasteiger partial charge in [-0.1, -0.05) is 27.7 Å². The molecule has 0 aliphatic carbocycles. The summed E-state index contributed by atoms with van der Waals surface area (Å²) in [6, 6.07) is 4.84. The second-order valence-electron chi connectivity index (χ2n) is 7.35. The second kappa shape index (κ2) is 10.6. The lowest BCUT2D eigenvalue weighted by molar-refractivity contribution is 0.586. The quantitative estimate of drug-likeness (QED) is 0.453. The number of halogens is 2. The van der Waals surface area contributed by atoms with Gasteiger partial charge in [0.2, 0.25) is 0 Å². The van der Waals surface area contributed by atoms with Crippen LogP contribution in [0.2, 0.25) is 0 Å². The van der Waals surface area contributed by atoms with Crippen LogP contribution in [0.15, 0.2) is 30.6 Å². The third-order valence-corrected chi connectivity index (χ3v) is 5.26. The molecule has 5 rings (SSSR count). The fourth-order valence-electron chi connectivity index (χ4n) is 3.90. The van der Waals surface area contributed by atoms with Gasteiger partial charge in [-0.25, -0.2) is 13.8 Å². The van der Waals surface area contributed by atoms with E-state index in [9.17, 15) is 4.39 Å². The highest BCUT2D eigenvalue weighted by atomic mass is 19.1. The zero-order chi connectivity index (χ0) is 24.1. The molecule has 0 spiro atoms. The molecule has 1 aliphatic rings. The summed E-state index contributed by atoms with van der Waals surface area (Å²) in [6.07, 6.45) is 3.45. The van der Waals surface area contributed by atoms with Crippen molar-refractivity contribution in [1.29, 1.82) is 0 Å². The standard InChI is InChI=1S/C20H21F2N7.2C2H6/c1-12-10-29-11-13(7-16(22)20(29)24-12)25-19-18-15(21)8-14(9-17(18)27(2)26-19)28-5-3-23-4-6-28;2*1-2/h7-11,23H,3-6H2,1-2H3,(H,25,26);2*1-2H3. The van der Waals surface area contributed by atoms with Crippen molar-refractivity contribution in [3.05, 3.63) is 47.9 Å². The minimum absolute atomic E-state index is 0.255. The molecule has 2 N–H and O–H groups in total. The minimum Gasteiger partial charge on any atom is -0.369 e. The maximum atomic E-state index is 15.1. The highest BCUT2D eigenvalue weighted by molar-refractivity contribution is 5.94. The molecular weight excluding hydrogens is 424 g/mol. The summed E-state index contributed by atoms with van der Waals surface area (Å²) in [5.74, 6) is -0.459. The predicted molar refractivity (Wildman–Crippen MR) is 132 cm³/mol. The Morgan fingerprint density at radius 2 is 1.67 bits per heavy atom. The first-order valence-electron chi connectivity index (χ1n) is 11.5. The van der Waals surface area contributed by atoms with Gasteiger partial charge in [-0.3, -0.25) is 4.68 Å². The summed E-state index contributed by atoms with van der Waals surface area (Å²) in [4.78, 5) is 6.31. The Balaban J connectivity index is 0.000000728. The lowest BCUT2D eigenvalue weighted by atomic mass is 10.2. The molecule has 4 aromatic rings. The highest BCUT2D eigenvalue weighted by Crippen LogP contribution is 2.32. The van der Waals surface area contributed by atoms with E-state index in [0.717, 1.165) is 37.6 Å². The van der Waals surface area contributed by atoms with E-state index >= 15 is 4.39 Å². The van der Waals surface area contributed by atoms with E-state index in [1.165, 1.54) is 6.07 Å². The number of nitrogens with zero attached hydrogens (tertiary/aromatic N) is 5. The van der Waals surface area contributed by atoms with E-state index in [-0.39, 0.29) is 11.5 Å². The predicted octanol–water partition coefficient (Wildman–Crippen LogP) is 5.01. The lowest BCUT2D eigenvalue weighted by Gasteiger charge is -2.29. The first-order chi connectivity index (χ1) is 16.0. The molecule has 1 aromatic carbocycles. The fraction of sp³-hybridized carbons (Fsp3) is 0.417. The molecule has 0 amide bonds. The third kappa shape index (κ3) is 4.93. The molecule has 0 bridgehead atoms. The van der Waals surface area contributed by atoms with Gasteiger partial charge in [0.25, 0.3) is 0 Å². The van der Waals surface area contributed by atoms with Crippen LogP contribution in [0.5, 0.6) is 0 Å². The summed E-state index contributed by atoms with van der Waals surface area (Å²) >= 11 is 0. The van der Waals surface area contributed by atoms with E-state index in [4.69, 9.17) is 0 Å². The van der Waals surface area contributed by atoms with Crippen LogP contribution in [0.25, 0.3) is 16.6 Å². The molecule has 3 aromatic heterocycles. The van der Waals surface area contributed by atoms with Gasteiger partial charge in [0.1, 0.15) is 5.82 Å². The fourth-order valence-corrected chi connectivity index (χ4v) is 3.90. The van der Waals surface area contributed by atoms with Crippen molar-refractivity contribution < 1.29 is 8.78 Å². The van der Waals surface area contributed by atoms with E-state index < -0.39 is 5.82 Å². The summed E-state index contributed by atoms with van der Waals surface area (Å²) < 4.78 is 32.7. The largest absolute Gasteiger partial charge is 0.369 e. The van der Waals surface area contributed by atoms with Crippen molar-refractivity contribution >= 4 is 33.7 Å². The Kier molecular flexibility index (Phi) is 7.86. The molecule has 7 nitrogen and oxygen atoms in total. The number of anilines is 3. The van der Waals surface area contributed by atoms with Gasteiger partial charge in [0, 0.05) is 57.4 Å². The SMILES string of the molecule is CC.CC.Cc1cn2cc(Nc3nn(C)c4cc(N5CCNCC5)cc(F)c34)cc(F)c2n1. The summed E-state index contributed by atoms with van der Waals surface area (Å²) in [5.41, 5.74) is 2.97. The van der Waals surface area contributed by atoms with Crippen molar-refractivity contribution in [3.63, 3.8) is 0 Å². The number of nitrogens with one attached hydrogen (secondary N) is 2. The van der Waals surface area contributed by atoms with Crippen LogP contribution in [0.3, 0.4) is 0 Å². The molecule has 1 saturated heterocycles. The number of piperazine rings is 1. The van der Waals surface area contributed by atoms with Gasteiger partial charge in [0.15, 0.2) is 17.3 Å². The molecule has 33 heavy (non-hydrogen) atoms. The first kappa shape index (κ1) is 24.4. The van der Waals surface area contributed by atoms with E-state index in [0.29, 0.717) is 22.4 Å². The normalized spacial score (nSPS) is 13.4. The van der Waals surface area contributed by atoms with Crippen LogP contribution < -0.4 is 15.5 Å². The number of pyridine rings is 1. The van der Waals surface area contributed by atoms with E-state index in [1.54, 1.807) is 41.5 Å². The van der Waals surface area contributed by atoms with Crippen LogP contribution in [-0.2, 0) is 7.05 Å². The highest BCUT2D eigenvalue weighted by Gasteiger charge is 2.19. The number of imidazole rings is 1. The number of rotatable bonds is 3. The molecule has 1 aliphatic heterocycles. The average molecular weight is 458 g/mol. The summed E-state index contributed by atoms with van der Waals surface area (Å²) in [7, 11) is 1.78. The zero-order valence-corrected chi connectivity index (χ0v) is 20.2. The van der Waals surface area contributed by atoms with Crippen molar-refractivity contribution in [2.75, 3.05) is 36.4 Å². The van der Waals surface area contributed by atoms with Crippen molar-refractivity contribution in [2.45, 2.75) is 34.6 Å². The maximum Gasteiger partial charge on any atom is 0.173 e. The molecule has 0 radical (unpaired) electrons. The number of aromatic nitrogens is 4. The molecule has 0 unspecified atom stereocenters. The lowest BCUT2D eigenvalue weighted by Crippen LogP contribution is -2.43. The molecule has 0 saturated carbocycles. The van der Waals surface area contributed by atoms with Crippen LogP contribution in [-0.4, -0.2) is 45.3 Å². The Morgan fingerprint density at radius 1 is 0.970 bits per heavy atom. The molecule has 178 valence electrons. The van der Waals surface area contributed by atoms with E-state index in [2.05, 4.69) is 25.6 Å². The van der Waals surface area contributed by atoms with Gasteiger partial charge in [-0.15, -0.1) is 0 Å². The number of benzene rings is 1. The van der Waals surface area contributed by atoms with Crippen molar-refractivity contribution in [2.24, 2.45) is 7.05 Å². The van der Waals surface area contributed by atoms with Gasteiger partial charge in [-0.2, -0.15) is 5.10 Å². The van der Waals surface area contributed by atoms with Gasteiger partial charge >= 0.3 is 0 Å². The van der Waals surface area contributed by atoms with Crippen LogP contribution in [0, 0.1) is 18.6 Å². The molecule has 9 heteroatoms. The van der Waals surface area contributed by atoms with Gasteiger partial charge in [0.05, 0.1) is 22.3 Å². The Labute approximate surface area is 193 Å². The molecule has 1 fully saturated rings. The number of hydrogen-bond acceptors (Lipinski definition) is 5. The monoisotopic (exact) mass is 457 g/mol. The van der Waals surface area contributed by atoms with Crippen LogP contribution in [0.1, 0.15) is 33.4 Å². The molecule has 0 atom stereocenters. The Hall–Kier alpha value is -3.20. The maximum absolute atomic E-state index is 15.1. The Bertz CT molecular complexity index is 1220. The van der Waals surface area contributed by atoms with Gasteiger partial charge in [-0.05, 0) is 19.1 Å². The summed E-state index contributed by atoms with van der Waals surface area (Å²) in [6.45, 7) is 13.2. The zero-order valence-electron chi connectivity index (χ0n) is 20.2. The topological polar surface area (TPSA) is 62.4 Å². The molecule has 4 heterocycles. The van der Waals surface area contributed by atoms with Crippen molar-refractivity contribution in [3.8, 4) is 0 Å². The first-order valence-corrected chi connectivity index (χ1v) is 11.5. The Morgan fingerprint density at radius 3 is 2.36 bits per heavy atom. The van der Waals surface area contributed by atoms with E-state index in [1.807, 2.05) is 33.8 Å². The number of hydrogen-bond donors (Lipinski definition) is 2. The number of aryl methyl sites for hydroxylation is 2.